The highest BCUT2D eigenvalue weighted by Crippen LogP contribution is 2.05. The molecule has 1 heterocycles. The number of imidazole rings is 1. The molecular weight excluding hydrogens is 478 g/mol. The maximum Gasteiger partial charge on any atom is 0.328 e. The van der Waals surface area contributed by atoms with Crippen LogP contribution in [0.3, 0.4) is 0 Å². The summed E-state index contributed by atoms with van der Waals surface area (Å²) in [5, 5.41) is 35.7. The van der Waals surface area contributed by atoms with E-state index in [-0.39, 0.29) is 31.8 Å². The summed E-state index contributed by atoms with van der Waals surface area (Å²) in [6, 6.07) is -5.49. The molecule has 0 radical (unpaired) electrons. The van der Waals surface area contributed by atoms with Crippen LogP contribution in [0, 0.1) is 0 Å². The summed E-state index contributed by atoms with van der Waals surface area (Å²) in [6.45, 7) is 2.51. The SMILES string of the molecule is CC(O)C(NC(=O)C(NC(=O)C(CCCN=C(N)N)NC(=O)C(N)Cc1cnc[nH]1)C(C)O)C(=O)O. The molecule has 202 valence electrons. The van der Waals surface area contributed by atoms with Gasteiger partial charge < -0.3 is 53.5 Å². The van der Waals surface area contributed by atoms with E-state index < -0.39 is 60.1 Å². The Hall–Kier alpha value is -3.76. The number of carboxylic acid groups (broad SMARTS) is 1. The number of aromatic amines is 1. The fourth-order valence-electron chi connectivity index (χ4n) is 3.07. The maximum atomic E-state index is 13.0. The number of aliphatic hydroxyl groups excluding tert-OH is 2. The van der Waals surface area contributed by atoms with Crippen molar-refractivity contribution in [2.24, 2.45) is 22.2 Å². The van der Waals surface area contributed by atoms with Gasteiger partial charge in [-0.2, -0.15) is 0 Å². The quantitative estimate of drug-likeness (QED) is 0.0607. The first-order chi connectivity index (χ1) is 16.8. The third kappa shape index (κ3) is 10.2. The van der Waals surface area contributed by atoms with E-state index in [9.17, 15) is 29.4 Å². The van der Waals surface area contributed by atoms with Crippen LogP contribution < -0.4 is 33.2 Å². The molecule has 6 unspecified atom stereocenters. The van der Waals surface area contributed by atoms with Crippen LogP contribution in [0.4, 0.5) is 0 Å². The van der Waals surface area contributed by atoms with Crippen molar-refractivity contribution in [1.82, 2.24) is 25.9 Å². The molecular formula is C20H35N9O7. The minimum Gasteiger partial charge on any atom is -0.480 e. The van der Waals surface area contributed by atoms with E-state index in [1.165, 1.54) is 19.4 Å². The summed E-state index contributed by atoms with van der Waals surface area (Å²) < 4.78 is 0. The summed E-state index contributed by atoms with van der Waals surface area (Å²) in [5.74, 6) is -4.21. The van der Waals surface area contributed by atoms with Gasteiger partial charge in [0.1, 0.15) is 12.1 Å². The van der Waals surface area contributed by atoms with Crippen LogP contribution in [0.1, 0.15) is 32.4 Å². The minimum absolute atomic E-state index is 0.0463. The van der Waals surface area contributed by atoms with Gasteiger partial charge in [0.2, 0.25) is 17.7 Å². The van der Waals surface area contributed by atoms with Gasteiger partial charge in [-0.15, -0.1) is 0 Å². The van der Waals surface area contributed by atoms with Crippen molar-refractivity contribution in [1.29, 1.82) is 0 Å². The molecule has 0 saturated carbocycles. The van der Waals surface area contributed by atoms with Gasteiger partial charge >= 0.3 is 5.97 Å². The van der Waals surface area contributed by atoms with Crippen LogP contribution in [0.15, 0.2) is 17.5 Å². The van der Waals surface area contributed by atoms with Gasteiger partial charge in [-0.05, 0) is 26.7 Å². The van der Waals surface area contributed by atoms with Crippen molar-refractivity contribution in [3.8, 4) is 0 Å². The Morgan fingerprint density at radius 1 is 1.03 bits per heavy atom. The van der Waals surface area contributed by atoms with Gasteiger partial charge in [-0.1, -0.05) is 0 Å². The fourth-order valence-corrected chi connectivity index (χ4v) is 3.07. The molecule has 0 saturated heterocycles. The number of rotatable bonds is 15. The second-order valence-corrected chi connectivity index (χ2v) is 8.19. The number of aliphatic hydroxyl groups is 2. The average Bonchev–Trinajstić information content (AvgIpc) is 3.29. The van der Waals surface area contributed by atoms with E-state index in [0.717, 1.165) is 6.92 Å². The average molecular weight is 514 g/mol. The van der Waals surface area contributed by atoms with Crippen molar-refractivity contribution in [3.63, 3.8) is 0 Å². The lowest BCUT2D eigenvalue weighted by atomic mass is 10.1. The number of aromatic nitrogens is 2. The summed E-state index contributed by atoms with van der Waals surface area (Å²) in [6.07, 6.45) is 0.450. The first kappa shape index (κ1) is 30.3. The van der Waals surface area contributed by atoms with Crippen molar-refractivity contribution in [2.75, 3.05) is 6.54 Å². The van der Waals surface area contributed by atoms with Gasteiger partial charge in [-0.3, -0.25) is 19.4 Å². The molecule has 0 aliphatic heterocycles. The molecule has 16 nitrogen and oxygen atoms in total. The molecule has 1 rings (SSSR count). The Balaban J connectivity index is 2.97. The van der Waals surface area contributed by atoms with Crippen molar-refractivity contribution in [2.45, 2.75) is 69.5 Å². The Bertz CT molecular complexity index is 901. The number of nitrogens with two attached hydrogens (primary N) is 3. The van der Waals surface area contributed by atoms with Crippen molar-refractivity contribution < 1.29 is 34.5 Å². The molecule has 0 fully saturated rings. The number of carbonyl (C=O) groups excluding carboxylic acids is 3. The standard InChI is InChI=1S/C20H35N9O7/c1-9(30)14(18(34)29-15(10(2)31)19(35)36)28-17(33)13(4-3-5-25-20(22)23)27-16(32)12(21)6-11-7-24-8-26-11/h7-10,12-15,30-31H,3-6,21H2,1-2H3,(H,24,26)(H,27,32)(H,28,33)(H,29,34)(H,35,36)(H4,22,23,25). The smallest absolute Gasteiger partial charge is 0.328 e. The van der Waals surface area contributed by atoms with Gasteiger partial charge in [0.05, 0.1) is 24.6 Å². The number of H-pyrrole nitrogens is 1. The molecule has 0 aliphatic rings. The summed E-state index contributed by atoms with van der Waals surface area (Å²) in [4.78, 5) is 60.0. The number of hydrogen-bond acceptors (Lipinski definition) is 9. The van der Waals surface area contributed by atoms with Crippen LogP contribution in [0.2, 0.25) is 0 Å². The molecule has 3 amide bonds. The number of hydrogen-bond donors (Lipinski definition) is 10. The van der Waals surface area contributed by atoms with E-state index in [1.54, 1.807) is 0 Å². The highest BCUT2D eigenvalue weighted by atomic mass is 16.4. The molecule has 1 aromatic rings. The van der Waals surface area contributed by atoms with E-state index in [2.05, 4.69) is 30.9 Å². The van der Waals surface area contributed by atoms with Crippen LogP contribution >= 0.6 is 0 Å². The monoisotopic (exact) mass is 513 g/mol. The molecule has 16 heteroatoms. The second kappa shape index (κ2) is 14.6. The molecule has 13 N–H and O–H groups in total. The second-order valence-electron chi connectivity index (χ2n) is 8.19. The number of amides is 3. The van der Waals surface area contributed by atoms with E-state index >= 15 is 0 Å². The predicted molar refractivity (Wildman–Crippen MR) is 127 cm³/mol. The topological polar surface area (TPSA) is 284 Å². The lowest BCUT2D eigenvalue weighted by molar-refractivity contribution is -0.146. The van der Waals surface area contributed by atoms with E-state index in [1.807, 2.05) is 0 Å². The van der Waals surface area contributed by atoms with Gasteiger partial charge in [0.25, 0.3) is 0 Å². The first-order valence-corrected chi connectivity index (χ1v) is 11.1. The lowest BCUT2D eigenvalue weighted by Crippen LogP contribution is -2.61. The number of aliphatic carboxylic acids is 1. The summed E-state index contributed by atoms with van der Waals surface area (Å²) in [7, 11) is 0. The molecule has 0 bridgehead atoms. The third-order valence-electron chi connectivity index (χ3n) is 5.02. The normalized spacial score (nSPS) is 15.9. The van der Waals surface area contributed by atoms with Gasteiger partial charge in [-0.25, -0.2) is 9.78 Å². The zero-order valence-corrected chi connectivity index (χ0v) is 20.0. The predicted octanol–water partition coefficient (Wildman–Crippen LogP) is -4.37. The zero-order chi connectivity index (χ0) is 27.4. The van der Waals surface area contributed by atoms with Crippen LogP contribution in [0.25, 0.3) is 0 Å². The number of carboxylic acids is 1. The van der Waals surface area contributed by atoms with Crippen LogP contribution in [-0.2, 0) is 25.6 Å². The number of aliphatic imine (C=N–C) groups is 1. The van der Waals surface area contributed by atoms with Gasteiger partial charge in [0, 0.05) is 24.9 Å². The van der Waals surface area contributed by atoms with E-state index in [4.69, 9.17) is 22.3 Å². The Morgan fingerprint density at radius 2 is 1.64 bits per heavy atom. The molecule has 6 atom stereocenters. The molecule has 36 heavy (non-hydrogen) atoms. The largest absolute Gasteiger partial charge is 0.480 e. The lowest BCUT2D eigenvalue weighted by Gasteiger charge is -2.27. The minimum atomic E-state index is -1.67. The molecule has 1 aromatic heterocycles. The first-order valence-electron chi connectivity index (χ1n) is 11.1. The highest BCUT2D eigenvalue weighted by Gasteiger charge is 2.34. The third-order valence-corrected chi connectivity index (χ3v) is 5.02. The Morgan fingerprint density at radius 3 is 2.14 bits per heavy atom. The molecule has 0 spiro atoms. The number of carbonyl (C=O) groups is 4. The van der Waals surface area contributed by atoms with Crippen molar-refractivity contribution in [3.05, 3.63) is 18.2 Å². The summed E-state index contributed by atoms with van der Waals surface area (Å²) in [5.41, 5.74) is 17.1. The fraction of sp³-hybridized carbons (Fsp3) is 0.600. The highest BCUT2D eigenvalue weighted by molar-refractivity contribution is 5.94. The van der Waals surface area contributed by atoms with Crippen LogP contribution in [-0.4, -0.2) is 97.9 Å². The van der Waals surface area contributed by atoms with Crippen LogP contribution in [0.5, 0.6) is 0 Å². The van der Waals surface area contributed by atoms with E-state index in [0.29, 0.717) is 5.69 Å². The molecule has 0 aliphatic carbocycles. The van der Waals surface area contributed by atoms with Crippen molar-refractivity contribution >= 4 is 29.7 Å². The summed E-state index contributed by atoms with van der Waals surface area (Å²) >= 11 is 0. The van der Waals surface area contributed by atoms with Gasteiger partial charge in [0.15, 0.2) is 12.0 Å². The Kier molecular flexibility index (Phi) is 12.3. The Labute approximate surface area is 207 Å². The number of nitrogens with one attached hydrogen (secondary N) is 4. The number of guanidine groups is 1. The number of nitrogens with zero attached hydrogens (tertiary/aromatic N) is 2. The maximum absolute atomic E-state index is 13.0. The zero-order valence-electron chi connectivity index (χ0n) is 20.0. The molecule has 0 aromatic carbocycles.